The van der Waals surface area contributed by atoms with Gasteiger partial charge in [0.15, 0.2) is 0 Å². The summed E-state index contributed by atoms with van der Waals surface area (Å²) in [5.74, 6) is 0.695. The summed E-state index contributed by atoms with van der Waals surface area (Å²) in [5.41, 5.74) is 5.78. The van der Waals surface area contributed by atoms with Gasteiger partial charge in [0.05, 0.1) is 0 Å². The minimum Gasteiger partial charge on any atom is -0.341 e. The van der Waals surface area contributed by atoms with E-state index in [4.69, 9.17) is 5.73 Å². The number of rotatable bonds is 3. The average molecular weight is 198 g/mol. The molecule has 0 aromatic heterocycles. The van der Waals surface area contributed by atoms with Crippen LogP contribution < -0.4 is 5.73 Å². The van der Waals surface area contributed by atoms with Gasteiger partial charge in [-0.25, -0.2) is 0 Å². The summed E-state index contributed by atoms with van der Waals surface area (Å²) in [4.78, 5) is 13.8. The summed E-state index contributed by atoms with van der Waals surface area (Å²) in [5, 5.41) is 0. The molecule has 1 saturated heterocycles. The zero-order chi connectivity index (χ0) is 10.9. The number of amides is 1. The summed E-state index contributed by atoms with van der Waals surface area (Å²) in [6, 6.07) is 0.104. The van der Waals surface area contributed by atoms with Gasteiger partial charge in [-0.05, 0) is 12.3 Å². The SMILES string of the molecule is CC(C)C(N)CN1CCC(C)(C)C1=O. The summed E-state index contributed by atoms with van der Waals surface area (Å²) in [6.45, 7) is 9.78. The van der Waals surface area contributed by atoms with Crippen molar-refractivity contribution in [1.82, 2.24) is 4.90 Å². The van der Waals surface area contributed by atoms with Crippen molar-refractivity contribution in [1.29, 1.82) is 0 Å². The smallest absolute Gasteiger partial charge is 0.228 e. The number of hydrogen-bond acceptors (Lipinski definition) is 2. The molecule has 0 bridgehead atoms. The molecule has 1 amide bonds. The molecule has 3 nitrogen and oxygen atoms in total. The van der Waals surface area contributed by atoms with Gasteiger partial charge in [0, 0.05) is 24.5 Å². The largest absolute Gasteiger partial charge is 0.341 e. The van der Waals surface area contributed by atoms with Crippen LogP contribution in [0.2, 0.25) is 0 Å². The normalized spacial score (nSPS) is 23.3. The summed E-state index contributed by atoms with van der Waals surface area (Å²) in [7, 11) is 0. The van der Waals surface area contributed by atoms with Gasteiger partial charge in [0.2, 0.25) is 5.91 Å². The first kappa shape index (κ1) is 11.5. The first-order chi connectivity index (χ1) is 6.34. The van der Waals surface area contributed by atoms with E-state index in [1.165, 1.54) is 0 Å². The molecular weight excluding hydrogens is 176 g/mol. The minimum absolute atomic E-state index is 0.104. The van der Waals surface area contributed by atoms with Crippen molar-refractivity contribution in [2.45, 2.75) is 40.2 Å². The molecule has 1 unspecified atom stereocenters. The Balaban J connectivity index is 2.53. The Morgan fingerprint density at radius 2 is 2.07 bits per heavy atom. The Kier molecular flexibility index (Phi) is 3.20. The van der Waals surface area contributed by atoms with E-state index in [2.05, 4.69) is 13.8 Å². The van der Waals surface area contributed by atoms with Crippen LogP contribution in [-0.4, -0.2) is 29.9 Å². The van der Waals surface area contributed by atoms with Crippen molar-refractivity contribution in [2.75, 3.05) is 13.1 Å². The molecule has 0 radical (unpaired) electrons. The second kappa shape index (κ2) is 3.89. The van der Waals surface area contributed by atoms with E-state index in [9.17, 15) is 4.79 Å². The molecule has 0 aromatic carbocycles. The second-order valence-corrected chi connectivity index (χ2v) is 5.29. The van der Waals surface area contributed by atoms with Gasteiger partial charge < -0.3 is 10.6 Å². The zero-order valence-corrected chi connectivity index (χ0v) is 9.71. The first-order valence-corrected chi connectivity index (χ1v) is 5.39. The molecule has 82 valence electrons. The summed E-state index contributed by atoms with van der Waals surface area (Å²) >= 11 is 0. The van der Waals surface area contributed by atoms with E-state index in [1.807, 2.05) is 18.7 Å². The Bertz CT molecular complexity index is 223. The minimum atomic E-state index is -0.170. The molecule has 0 aromatic rings. The van der Waals surface area contributed by atoms with Crippen LogP contribution in [-0.2, 0) is 4.79 Å². The maximum absolute atomic E-state index is 11.9. The van der Waals surface area contributed by atoms with Gasteiger partial charge in [-0.2, -0.15) is 0 Å². The maximum atomic E-state index is 11.9. The number of hydrogen-bond donors (Lipinski definition) is 1. The molecule has 0 saturated carbocycles. The third-order valence-corrected chi connectivity index (χ3v) is 3.16. The summed E-state index contributed by atoms with van der Waals surface area (Å²) < 4.78 is 0. The van der Waals surface area contributed by atoms with Gasteiger partial charge in [0.1, 0.15) is 0 Å². The molecule has 1 rings (SSSR count). The van der Waals surface area contributed by atoms with Crippen molar-refractivity contribution >= 4 is 5.91 Å². The van der Waals surface area contributed by atoms with Gasteiger partial charge in [-0.15, -0.1) is 0 Å². The van der Waals surface area contributed by atoms with E-state index in [1.54, 1.807) is 0 Å². The predicted octanol–water partition coefficient (Wildman–Crippen LogP) is 1.23. The topological polar surface area (TPSA) is 46.3 Å². The van der Waals surface area contributed by atoms with Crippen molar-refractivity contribution in [3.63, 3.8) is 0 Å². The van der Waals surface area contributed by atoms with Gasteiger partial charge in [0.25, 0.3) is 0 Å². The molecule has 1 heterocycles. The Morgan fingerprint density at radius 1 is 1.50 bits per heavy atom. The molecule has 1 aliphatic heterocycles. The van der Waals surface area contributed by atoms with E-state index in [0.29, 0.717) is 12.5 Å². The second-order valence-electron chi connectivity index (χ2n) is 5.29. The van der Waals surface area contributed by atoms with E-state index >= 15 is 0 Å². The lowest BCUT2D eigenvalue weighted by molar-refractivity contribution is -0.134. The zero-order valence-electron chi connectivity index (χ0n) is 9.71. The summed E-state index contributed by atoms with van der Waals surface area (Å²) in [6.07, 6.45) is 0.955. The first-order valence-electron chi connectivity index (χ1n) is 5.39. The van der Waals surface area contributed by atoms with E-state index < -0.39 is 0 Å². The number of nitrogens with two attached hydrogens (primary N) is 1. The van der Waals surface area contributed by atoms with Crippen LogP contribution >= 0.6 is 0 Å². The number of carbonyl (C=O) groups is 1. The Morgan fingerprint density at radius 3 is 2.43 bits per heavy atom. The fourth-order valence-electron chi connectivity index (χ4n) is 1.69. The van der Waals surface area contributed by atoms with Crippen LogP contribution in [0.5, 0.6) is 0 Å². The standard InChI is InChI=1S/C11H22N2O/c1-8(2)9(12)7-13-6-5-11(3,4)10(13)14/h8-9H,5-7,12H2,1-4H3. The van der Waals surface area contributed by atoms with Gasteiger partial charge >= 0.3 is 0 Å². The number of likely N-dealkylation sites (tertiary alicyclic amines) is 1. The third kappa shape index (κ3) is 2.27. The average Bonchev–Trinajstić information content (AvgIpc) is 2.32. The highest BCUT2D eigenvalue weighted by atomic mass is 16.2. The monoisotopic (exact) mass is 198 g/mol. The lowest BCUT2D eigenvalue weighted by Gasteiger charge is -2.24. The molecular formula is C11H22N2O. The third-order valence-electron chi connectivity index (χ3n) is 3.16. The van der Waals surface area contributed by atoms with E-state index in [0.717, 1.165) is 13.0 Å². The van der Waals surface area contributed by atoms with Crippen molar-refractivity contribution in [2.24, 2.45) is 17.1 Å². The van der Waals surface area contributed by atoms with Gasteiger partial charge in [-0.3, -0.25) is 4.79 Å². The maximum Gasteiger partial charge on any atom is 0.228 e. The van der Waals surface area contributed by atoms with E-state index in [-0.39, 0.29) is 17.4 Å². The van der Waals surface area contributed by atoms with Crippen molar-refractivity contribution in [3.05, 3.63) is 0 Å². The lowest BCUT2D eigenvalue weighted by Crippen LogP contribution is -2.42. The molecule has 1 atom stereocenters. The fourth-order valence-corrected chi connectivity index (χ4v) is 1.69. The molecule has 0 aliphatic carbocycles. The molecule has 2 N–H and O–H groups in total. The van der Waals surface area contributed by atoms with Crippen LogP contribution in [0, 0.1) is 11.3 Å². The Labute approximate surface area is 86.6 Å². The molecule has 0 spiro atoms. The van der Waals surface area contributed by atoms with Crippen LogP contribution in [0.4, 0.5) is 0 Å². The van der Waals surface area contributed by atoms with Crippen LogP contribution in [0.15, 0.2) is 0 Å². The molecule has 14 heavy (non-hydrogen) atoms. The predicted molar refractivity (Wildman–Crippen MR) is 57.8 cm³/mol. The van der Waals surface area contributed by atoms with Crippen molar-refractivity contribution < 1.29 is 4.79 Å². The molecule has 1 fully saturated rings. The lowest BCUT2D eigenvalue weighted by atomic mass is 9.92. The Hall–Kier alpha value is -0.570. The number of nitrogens with zero attached hydrogens (tertiary/aromatic N) is 1. The van der Waals surface area contributed by atoms with Crippen LogP contribution in [0.1, 0.15) is 34.1 Å². The molecule has 3 heteroatoms. The highest BCUT2D eigenvalue weighted by molar-refractivity contribution is 5.84. The van der Waals surface area contributed by atoms with Crippen LogP contribution in [0.3, 0.4) is 0 Å². The fraction of sp³-hybridized carbons (Fsp3) is 0.909. The quantitative estimate of drug-likeness (QED) is 0.741. The van der Waals surface area contributed by atoms with Crippen molar-refractivity contribution in [3.8, 4) is 0 Å². The van der Waals surface area contributed by atoms with Crippen LogP contribution in [0.25, 0.3) is 0 Å². The van der Waals surface area contributed by atoms with Gasteiger partial charge in [-0.1, -0.05) is 27.7 Å². The molecule has 1 aliphatic rings. The highest BCUT2D eigenvalue weighted by Gasteiger charge is 2.38. The number of carbonyl (C=O) groups excluding carboxylic acids is 1. The highest BCUT2D eigenvalue weighted by Crippen LogP contribution is 2.30.